The van der Waals surface area contributed by atoms with Crippen LogP contribution < -0.4 is 5.32 Å². The van der Waals surface area contributed by atoms with E-state index in [2.05, 4.69) is 25.5 Å². The Balaban J connectivity index is 1.22. The third kappa shape index (κ3) is 3.91. The van der Waals surface area contributed by atoms with E-state index in [0.29, 0.717) is 6.54 Å². The first kappa shape index (κ1) is 22.0. The van der Waals surface area contributed by atoms with Gasteiger partial charge in [-0.15, -0.1) is 11.3 Å². The van der Waals surface area contributed by atoms with Crippen molar-refractivity contribution >= 4 is 55.8 Å². The highest BCUT2D eigenvalue weighted by molar-refractivity contribution is 7.19. The number of nitrogens with zero attached hydrogens (tertiary/aromatic N) is 5. The van der Waals surface area contributed by atoms with E-state index in [9.17, 15) is 9.59 Å². The van der Waals surface area contributed by atoms with Gasteiger partial charge in [0.15, 0.2) is 0 Å². The maximum absolute atomic E-state index is 13.3. The van der Waals surface area contributed by atoms with Crippen LogP contribution in [-0.2, 0) is 22.4 Å². The molecule has 1 aliphatic carbocycles. The van der Waals surface area contributed by atoms with Gasteiger partial charge in [0.2, 0.25) is 11.8 Å². The highest BCUT2D eigenvalue weighted by atomic mass is 32.1. The summed E-state index contributed by atoms with van der Waals surface area (Å²) in [4.78, 5) is 40.1. The number of aromatic amines is 1. The number of aryl methyl sites for hydroxylation is 1. The molecule has 2 amide bonds. The number of thiophene rings is 1. The van der Waals surface area contributed by atoms with Crippen molar-refractivity contribution in [1.29, 1.82) is 0 Å². The predicted octanol–water partition coefficient (Wildman–Crippen LogP) is 3.50. The van der Waals surface area contributed by atoms with Crippen molar-refractivity contribution < 1.29 is 9.59 Å². The second-order valence-electron chi connectivity index (χ2n) is 9.50. The summed E-state index contributed by atoms with van der Waals surface area (Å²) in [6.07, 6.45) is 6.63. The van der Waals surface area contributed by atoms with Crippen LogP contribution in [-0.4, -0.2) is 68.0 Å². The Hall–Kier alpha value is -3.53. The van der Waals surface area contributed by atoms with Crippen molar-refractivity contribution in [3.8, 4) is 0 Å². The Kier molecular flexibility index (Phi) is 5.40. The number of likely N-dealkylation sites (N-methyl/N-ethyl adjacent to an activating group) is 1. The third-order valence-corrected chi connectivity index (χ3v) is 8.58. The number of aromatic nitrogens is 4. The lowest BCUT2D eigenvalue weighted by Crippen LogP contribution is -2.41. The Morgan fingerprint density at radius 2 is 2.14 bits per heavy atom. The van der Waals surface area contributed by atoms with Crippen LogP contribution in [0.1, 0.15) is 30.2 Å². The van der Waals surface area contributed by atoms with Gasteiger partial charge in [-0.1, -0.05) is 0 Å². The molecule has 2 N–H and O–H groups in total. The fourth-order valence-corrected chi connectivity index (χ4v) is 6.61. The Bertz CT molecular complexity index is 1440. The molecule has 2 atom stereocenters. The molecule has 1 saturated heterocycles. The van der Waals surface area contributed by atoms with Crippen molar-refractivity contribution in [3.05, 3.63) is 41.2 Å². The second kappa shape index (κ2) is 8.60. The van der Waals surface area contributed by atoms with Crippen LogP contribution >= 0.6 is 11.3 Å². The van der Waals surface area contributed by atoms with Crippen LogP contribution in [0.4, 0.5) is 11.5 Å². The van der Waals surface area contributed by atoms with Crippen molar-refractivity contribution in [3.63, 3.8) is 0 Å². The quantitative estimate of drug-likeness (QED) is 0.454. The summed E-state index contributed by atoms with van der Waals surface area (Å²) in [6, 6.07) is 6.17. The fraction of sp³-hybridized carbons (Fsp3) is 0.400. The minimum absolute atomic E-state index is 0.0233. The molecule has 1 aliphatic heterocycles. The van der Waals surface area contributed by atoms with Gasteiger partial charge in [0, 0.05) is 48.9 Å². The largest absolute Gasteiger partial charge is 0.341 e. The van der Waals surface area contributed by atoms with Crippen LogP contribution in [0, 0.1) is 5.92 Å². The Morgan fingerprint density at radius 1 is 1.26 bits per heavy atom. The molecular formula is C25H27N7O2S. The maximum atomic E-state index is 13.3. The molecule has 0 radical (unpaired) electrons. The molecule has 1 fully saturated rings. The summed E-state index contributed by atoms with van der Waals surface area (Å²) in [6.45, 7) is 2.93. The minimum atomic E-state index is -0.0233. The molecule has 3 aromatic heterocycles. The molecule has 35 heavy (non-hydrogen) atoms. The van der Waals surface area contributed by atoms with E-state index >= 15 is 0 Å². The lowest BCUT2D eigenvalue weighted by Gasteiger charge is -2.28. The SMILES string of the molecule is CC(=O)N(C)C1CCN(C(=O)C2CCc3c(sc4ncnc(Nc5ccc6[nH]ncc6c5)c34)C2)C1. The van der Waals surface area contributed by atoms with Gasteiger partial charge >= 0.3 is 0 Å². The van der Waals surface area contributed by atoms with Crippen LogP contribution in [0.3, 0.4) is 0 Å². The summed E-state index contributed by atoms with van der Waals surface area (Å²) in [5, 5.41) is 12.6. The van der Waals surface area contributed by atoms with Crippen molar-refractivity contribution in [1.82, 2.24) is 30.0 Å². The number of H-pyrrole nitrogens is 1. The van der Waals surface area contributed by atoms with Crippen LogP contribution in [0.25, 0.3) is 21.1 Å². The summed E-state index contributed by atoms with van der Waals surface area (Å²) in [5.41, 5.74) is 3.20. The first-order chi connectivity index (χ1) is 17.0. The number of hydrogen-bond donors (Lipinski definition) is 2. The second-order valence-corrected chi connectivity index (χ2v) is 10.6. The summed E-state index contributed by atoms with van der Waals surface area (Å²) < 4.78 is 0. The van der Waals surface area contributed by atoms with Crippen molar-refractivity contribution in [2.75, 3.05) is 25.5 Å². The Labute approximate surface area is 206 Å². The number of fused-ring (bicyclic) bond motifs is 4. The van der Waals surface area contributed by atoms with Gasteiger partial charge in [0.25, 0.3) is 0 Å². The lowest BCUT2D eigenvalue weighted by molar-refractivity contribution is -0.136. The molecule has 0 spiro atoms. The summed E-state index contributed by atoms with van der Waals surface area (Å²) >= 11 is 1.67. The molecule has 0 bridgehead atoms. The third-order valence-electron chi connectivity index (χ3n) is 7.42. The molecule has 0 saturated carbocycles. The molecule has 10 heteroatoms. The van der Waals surface area contributed by atoms with Crippen LogP contribution in [0.15, 0.2) is 30.7 Å². The summed E-state index contributed by atoms with van der Waals surface area (Å²) in [7, 11) is 1.82. The molecule has 2 aliphatic rings. The van der Waals surface area contributed by atoms with E-state index in [1.54, 1.807) is 35.7 Å². The zero-order chi connectivity index (χ0) is 24.1. The van der Waals surface area contributed by atoms with E-state index in [4.69, 9.17) is 0 Å². The smallest absolute Gasteiger partial charge is 0.226 e. The number of likely N-dealkylation sites (tertiary alicyclic amines) is 1. The van der Waals surface area contributed by atoms with Gasteiger partial charge in [-0.25, -0.2) is 9.97 Å². The first-order valence-electron chi connectivity index (χ1n) is 12.0. The van der Waals surface area contributed by atoms with Gasteiger partial charge in [0.1, 0.15) is 17.0 Å². The number of hydrogen-bond acceptors (Lipinski definition) is 7. The average molecular weight is 490 g/mol. The first-order valence-corrected chi connectivity index (χ1v) is 12.8. The molecule has 6 rings (SSSR count). The monoisotopic (exact) mass is 489 g/mol. The zero-order valence-corrected chi connectivity index (χ0v) is 20.6. The van der Waals surface area contributed by atoms with E-state index < -0.39 is 0 Å². The highest BCUT2D eigenvalue weighted by Gasteiger charge is 2.36. The number of carbonyl (C=O) groups excluding carboxylic acids is 2. The van der Waals surface area contributed by atoms with Crippen molar-refractivity contribution in [2.45, 2.75) is 38.6 Å². The molecular weight excluding hydrogens is 462 g/mol. The van der Waals surface area contributed by atoms with Crippen molar-refractivity contribution in [2.24, 2.45) is 5.92 Å². The number of nitrogens with one attached hydrogen (secondary N) is 2. The van der Waals surface area contributed by atoms with Crippen LogP contribution in [0.2, 0.25) is 0 Å². The van der Waals surface area contributed by atoms with E-state index in [1.807, 2.05) is 30.1 Å². The number of anilines is 2. The molecule has 1 aromatic carbocycles. The minimum Gasteiger partial charge on any atom is -0.341 e. The van der Waals surface area contributed by atoms with E-state index in [0.717, 1.165) is 64.9 Å². The molecule has 4 heterocycles. The van der Waals surface area contributed by atoms with Gasteiger partial charge in [-0.05, 0) is 49.4 Å². The number of amides is 2. The molecule has 4 aromatic rings. The maximum Gasteiger partial charge on any atom is 0.226 e. The van der Waals surface area contributed by atoms with Gasteiger partial charge in [-0.2, -0.15) is 5.10 Å². The zero-order valence-electron chi connectivity index (χ0n) is 19.7. The normalized spacial score (nSPS) is 19.8. The van der Waals surface area contributed by atoms with Gasteiger partial charge in [-0.3, -0.25) is 14.7 Å². The van der Waals surface area contributed by atoms with Gasteiger partial charge in [0.05, 0.1) is 23.1 Å². The number of carbonyl (C=O) groups is 2. The Morgan fingerprint density at radius 3 is 3.00 bits per heavy atom. The number of rotatable bonds is 4. The average Bonchev–Trinajstić information content (AvgIpc) is 3.60. The molecule has 9 nitrogen and oxygen atoms in total. The highest BCUT2D eigenvalue weighted by Crippen LogP contribution is 2.41. The fourth-order valence-electron chi connectivity index (χ4n) is 5.35. The topological polar surface area (TPSA) is 107 Å². The standard InChI is InChI=1S/C25H27N7O2S/c1-14(33)31(2)18-7-8-32(12-18)25(34)15-3-5-19-21(10-15)35-24-22(19)23(26-13-27-24)29-17-4-6-20-16(9-17)11-28-30-20/h4,6,9,11,13,15,18H,3,5,7-8,10,12H2,1-2H3,(H,28,30)(H,26,27,29). The predicted molar refractivity (Wildman–Crippen MR) is 136 cm³/mol. The lowest BCUT2D eigenvalue weighted by atomic mass is 9.87. The number of benzene rings is 1. The molecule has 180 valence electrons. The van der Waals surface area contributed by atoms with Crippen LogP contribution in [0.5, 0.6) is 0 Å². The molecule has 2 unspecified atom stereocenters. The van der Waals surface area contributed by atoms with E-state index in [-0.39, 0.29) is 23.8 Å². The summed E-state index contributed by atoms with van der Waals surface area (Å²) in [5.74, 6) is 1.04. The van der Waals surface area contributed by atoms with E-state index in [1.165, 1.54) is 10.4 Å². The van der Waals surface area contributed by atoms with Gasteiger partial charge < -0.3 is 15.1 Å².